The molecule has 3 heterocycles. The molecule has 1 fully saturated rings. The number of aliphatic hydroxyl groups excluding tert-OH is 1. The largest absolute Gasteiger partial charge is 0.391 e. The van der Waals surface area contributed by atoms with E-state index in [4.69, 9.17) is 0 Å². The highest BCUT2D eigenvalue weighted by molar-refractivity contribution is 5.90. The second-order valence-corrected chi connectivity index (χ2v) is 4.28. The van der Waals surface area contributed by atoms with E-state index in [1.54, 1.807) is 6.33 Å². The average molecular weight is 218 g/mol. The summed E-state index contributed by atoms with van der Waals surface area (Å²) in [5, 5.41) is 10.6. The first-order chi connectivity index (χ1) is 7.75. The highest BCUT2D eigenvalue weighted by Crippen LogP contribution is 2.28. The number of aliphatic hydroxyl groups is 1. The van der Waals surface area contributed by atoms with Crippen LogP contribution in [0.3, 0.4) is 0 Å². The number of nitrogens with one attached hydrogen (secondary N) is 1. The fraction of sp³-hybridized carbons (Fsp3) is 0.455. The minimum atomic E-state index is -0.232. The van der Waals surface area contributed by atoms with E-state index in [-0.39, 0.29) is 6.10 Å². The lowest BCUT2D eigenvalue weighted by Gasteiger charge is -2.17. The quantitative estimate of drug-likeness (QED) is 0.744. The smallest absolute Gasteiger partial charge is 0.143 e. The number of aromatic nitrogens is 3. The van der Waals surface area contributed by atoms with Gasteiger partial charge in [0.2, 0.25) is 0 Å². The molecule has 1 atom stereocenters. The Morgan fingerprint density at radius 1 is 1.50 bits per heavy atom. The molecule has 2 N–H and O–H groups in total. The Kier molecular flexibility index (Phi) is 2.07. The van der Waals surface area contributed by atoms with E-state index in [9.17, 15) is 5.11 Å². The van der Waals surface area contributed by atoms with Crippen LogP contribution < -0.4 is 4.90 Å². The van der Waals surface area contributed by atoms with E-state index in [1.165, 1.54) is 0 Å². The first-order valence-electron chi connectivity index (χ1n) is 5.47. The van der Waals surface area contributed by atoms with Crippen molar-refractivity contribution in [1.29, 1.82) is 0 Å². The molecule has 0 radical (unpaired) electrons. The van der Waals surface area contributed by atoms with E-state index in [1.807, 2.05) is 13.1 Å². The molecule has 0 aliphatic carbocycles. The van der Waals surface area contributed by atoms with Crippen molar-refractivity contribution in [2.45, 2.75) is 19.4 Å². The monoisotopic (exact) mass is 218 g/mol. The predicted molar refractivity (Wildman–Crippen MR) is 61.5 cm³/mol. The molecule has 0 saturated carbocycles. The number of anilines is 1. The number of hydrogen-bond donors (Lipinski definition) is 2. The summed E-state index contributed by atoms with van der Waals surface area (Å²) in [5.41, 5.74) is 2.01. The van der Waals surface area contributed by atoms with Crippen molar-refractivity contribution in [2.75, 3.05) is 18.0 Å². The molecule has 0 amide bonds. The number of rotatable bonds is 1. The molecule has 0 spiro atoms. The molecule has 2 aromatic rings. The van der Waals surface area contributed by atoms with Crippen molar-refractivity contribution in [3.63, 3.8) is 0 Å². The third-order valence-electron chi connectivity index (χ3n) is 3.11. The fourth-order valence-electron chi connectivity index (χ4n) is 2.27. The SMILES string of the molecule is Cc1c[nH]c2ncnc(N3CCC(O)C3)c12. The van der Waals surface area contributed by atoms with Gasteiger partial charge >= 0.3 is 0 Å². The third-order valence-corrected chi connectivity index (χ3v) is 3.11. The first kappa shape index (κ1) is 9.59. The molecule has 5 nitrogen and oxygen atoms in total. The summed E-state index contributed by atoms with van der Waals surface area (Å²) in [6.07, 6.45) is 4.09. The molecule has 1 saturated heterocycles. The van der Waals surface area contributed by atoms with Crippen LogP contribution in [0.4, 0.5) is 5.82 Å². The van der Waals surface area contributed by atoms with E-state index in [2.05, 4.69) is 19.9 Å². The van der Waals surface area contributed by atoms with Crippen LogP contribution in [0, 0.1) is 6.92 Å². The molecule has 2 aromatic heterocycles. The maximum atomic E-state index is 9.56. The van der Waals surface area contributed by atoms with Crippen molar-refractivity contribution < 1.29 is 5.11 Å². The number of H-pyrrole nitrogens is 1. The highest BCUT2D eigenvalue weighted by Gasteiger charge is 2.23. The average Bonchev–Trinajstić information content (AvgIpc) is 2.86. The van der Waals surface area contributed by atoms with Gasteiger partial charge in [0, 0.05) is 19.3 Å². The van der Waals surface area contributed by atoms with Gasteiger partial charge in [0.1, 0.15) is 17.8 Å². The number of aryl methyl sites for hydroxylation is 1. The molecule has 16 heavy (non-hydrogen) atoms. The van der Waals surface area contributed by atoms with Crippen LogP contribution in [0.25, 0.3) is 11.0 Å². The van der Waals surface area contributed by atoms with Gasteiger partial charge in [0.05, 0.1) is 11.5 Å². The van der Waals surface area contributed by atoms with Crippen LogP contribution in [0.1, 0.15) is 12.0 Å². The van der Waals surface area contributed by atoms with Crippen LogP contribution >= 0.6 is 0 Å². The maximum Gasteiger partial charge on any atom is 0.143 e. The Labute approximate surface area is 93.1 Å². The Balaban J connectivity index is 2.12. The number of nitrogens with zero attached hydrogens (tertiary/aromatic N) is 3. The number of fused-ring (bicyclic) bond motifs is 1. The number of β-amino-alcohol motifs (C(OH)–C–C–N with tert-alkyl or cyclic N) is 1. The molecule has 1 unspecified atom stereocenters. The molecular formula is C11H14N4O. The predicted octanol–water partition coefficient (Wildman–Crippen LogP) is 0.837. The lowest BCUT2D eigenvalue weighted by Crippen LogP contribution is -2.22. The Hall–Kier alpha value is -1.62. The van der Waals surface area contributed by atoms with Gasteiger partial charge in [-0.05, 0) is 18.9 Å². The van der Waals surface area contributed by atoms with E-state index in [0.717, 1.165) is 35.4 Å². The van der Waals surface area contributed by atoms with Crippen LogP contribution in [0.15, 0.2) is 12.5 Å². The zero-order valence-electron chi connectivity index (χ0n) is 9.14. The van der Waals surface area contributed by atoms with E-state index < -0.39 is 0 Å². The second kappa shape index (κ2) is 3.45. The summed E-state index contributed by atoms with van der Waals surface area (Å²) >= 11 is 0. The Morgan fingerprint density at radius 3 is 3.12 bits per heavy atom. The van der Waals surface area contributed by atoms with Crippen molar-refractivity contribution in [1.82, 2.24) is 15.0 Å². The fourth-order valence-corrected chi connectivity index (χ4v) is 2.27. The van der Waals surface area contributed by atoms with Crippen molar-refractivity contribution in [3.8, 4) is 0 Å². The summed E-state index contributed by atoms with van der Waals surface area (Å²) in [6, 6.07) is 0. The zero-order chi connectivity index (χ0) is 11.1. The van der Waals surface area contributed by atoms with Gasteiger partial charge in [0.25, 0.3) is 0 Å². The van der Waals surface area contributed by atoms with Crippen molar-refractivity contribution in [3.05, 3.63) is 18.1 Å². The Morgan fingerprint density at radius 2 is 2.38 bits per heavy atom. The Bertz CT molecular complexity index is 522. The summed E-state index contributed by atoms with van der Waals surface area (Å²) in [7, 11) is 0. The molecular weight excluding hydrogens is 204 g/mol. The molecule has 0 aromatic carbocycles. The van der Waals surface area contributed by atoms with Crippen LogP contribution in [0.2, 0.25) is 0 Å². The summed E-state index contributed by atoms with van der Waals surface area (Å²) < 4.78 is 0. The van der Waals surface area contributed by atoms with Gasteiger partial charge in [-0.1, -0.05) is 0 Å². The van der Waals surface area contributed by atoms with Gasteiger partial charge in [-0.25, -0.2) is 9.97 Å². The van der Waals surface area contributed by atoms with Gasteiger partial charge in [-0.3, -0.25) is 0 Å². The van der Waals surface area contributed by atoms with E-state index in [0.29, 0.717) is 6.54 Å². The summed E-state index contributed by atoms with van der Waals surface area (Å²) in [5.74, 6) is 0.931. The zero-order valence-corrected chi connectivity index (χ0v) is 9.14. The normalized spacial score (nSPS) is 20.9. The summed E-state index contributed by atoms with van der Waals surface area (Å²) in [6.45, 7) is 3.56. The van der Waals surface area contributed by atoms with Crippen molar-refractivity contribution >= 4 is 16.9 Å². The molecule has 3 rings (SSSR count). The molecule has 0 bridgehead atoms. The number of hydrogen-bond acceptors (Lipinski definition) is 4. The lowest BCUT2D eigenvalue weighted by molar-refractivity contribution is 0.198. The van der Waals surface area contributed by atoms with Crippen LogP contribution in [0.5, 0.6) is 0 Å². The van der Waals surface area contributed by atoms with Gasteiger partial charge in [-0.2, -0.15) is 0 Å². The minimum Gasteiger partial charge on any atom is -0.391 e. The van der Waals surface area contributed by atoms with Gasteiger partial charge in [-0.15, -0.1) is 0 Å². The topological polar surface area (TPSA) is 65.0 Å². The molecule has 5 heteroatoms. The van der Waals surface area contributed by atoms with Crippen molar-refractivity contribution in [2.24, 2.45) is 0 Å². The second-order valence-electron chi connectivity index (χ2n) is 4.28. The molecule has 1 aliphatic rings. The standard InChI is InChI=1S/C11H14N4O/c1-7-4-12-10-9(7)11(14-6-13-10)15-3-2-8(16)5-15/h4,6,8,16H,2-3,5H2,1H3,(H,12,13,14). The van der Waals surface area contributed by atoms with Crippen LogP contribution in [-0.2, 0) is 0 Å². The maximum absolute atomic E-state index is 9.56. The van der Waals surface area contributed by atoms with Gasteiger partial charge < -0.3 is 15.0 Å². The van der Waals surface area contributed by atoms with Gasteiger partial charge in [0.15, 0.2) is 0 Å². The number of aromatic amines is 1. The summed E-state index contributed by atoms with van der Waals surface area (Å²) in [4.78, 5) is 13.8. The molecule has 84 valence electrons. The minimum absolute atomic E-state index is 0.232. The molecule has 1 aliphatic heterocycles. The first-order valence-corrected chi connectivity index (χ1v) is 5.47. The highest BCUT2D eigenvalue weighted by atomic mass is 16.3. The van der Waals surface area contributed by atoms with E-state index >= 15 is 0 Å². The third kappa shape index (κ3) is 1.36. The van der Waals surface area contributed by atoms with Crippen LogP contribution in [-0.4, -0.2) is 39.3 Å². The lowest BCUT2D eigenvalue weighted by atomic mass is 10.2.